The Balaban J connectivity index is 2.80. The summed E-state index contributed by atoms with van der Waals surface area (Å²) in [6.07, 6.45) is 0. The molecule has 2 nitrogen and oxygen atoms in total. The van der Waals surface area contributed by atoms with Crippen LogP contribution >= 0.6 is 0 Å². The van der Waals surface area contributed by atoms with Gasteiger partial charge >= 0.3 is 0 Å². The third kappa shape index (κ3) is 2.03. The van der Waals surface area contributed by atoms with E-state index in [1.54, 1.807) is 19.2 Å². The second-order valence-corrected chi connectivity index (χ2v) is 2.58. The smallest absolute Gasteiger partial charge is 0.123 e. The molecule has 0 amide bonds. The maximum atomic E-state index is 12.5. The predicted molar refractivity (Wildman–Crippen MR) is 45.3 cm³/mol. The van der Waals surface area contributed by atoms with Crippen LogP contribution in [0.5, 0.6) is 0 Å². The molecule has 2 N–H and O–H groups in total. The van der Waals surface area contributed by atoms with E-state index in [2.05, 4.69) is 5.32 Å². The number of halogens is 1. The van der Waals surface area contributed by atoms with Gasteiger partial charge in [0.05, 0.1) is 12.6 Å². The molecule has 0 spiro atoms. The molecule has 3 heteroatoms. The summed E-state index contributed by atoms with van der Waals surface area (Å²) in [6.45, 7) is 0.0160. The zero-order valence-corrected chi connectivity index (χ0v) is 6.92. The van der Waals surface area contributed by atoms with Crippen molar-refractivity contribution < 1.29 is 9.50 Å². The van der Waals surface area contributed by atoms with Crippen molar-refractivity contribution in [1.82, 2.24) is 5.32 Å². The quantitative estimate of drug-likeness (QED) is 0.709. The topological polar surface area (TPSA) is 32.3 Å². The lowest BCUT2D eigenvalue weighted by molar-refractivity contribution is 0.251. The van der Waals surface area contributed by atoms with Gasteiger partial charge in [0.15, 0.2) is 0 Å². The van der Waals surface area contributed by atoms with E-state index in [4.69, 9.17) is 5.11 Å². The van der Waals surface area contributed by atoms with Gasteiger partial charge in [-0.1, -0.05) is 12.1 Å². The van der Waals surface area contributed by atoms with Gasteiger partial charge in [0.2, 0.25) is 0 Å². The van der Waals surface area contributed by atoms with Crippen molar-refractivity contribution in [2.45, 2.75) is 6.04 Å². The summed E-state index contributed by atoms with van der Waals surface area (Å²) in [5.74, 6) is -0.258. The van der Waals surface area contributed by atoms with Crippen LogP contribution in [0, 0.1) is 5.82 Å². The van der Waals surface area contributed by atoms with E-state index in [1.165, 1.54) is 12.1 Å². The number of benzene rings is 1. The van der Waals surface area contributed by atoms with Crippen LogP contribution in [0.1, 0.15) is 11.6 Å². The maximum absolute atomic E-state index is 12.5. The van der Waals surface area contributed by atoms with E-state index in [0.717, 1.165) is 5.56 Å². The zero-order chi connectivity index (χ0) is 8.97. The summed E-state index contributed by atoms with van der Waals surface area (Å²) < 4.78 is 12.5. The fraction of sp³-hybridized carbons (Fsp3) is 0.333. The highest BCUT2D eigenvalue weighted by atomic mass is 19.1. The first kappa shape index (κ1) is 9.16. The fourth-order valence-electron chi connectivity index (χ4n) is 1.06. The van der Waals surface area contributed by atoms with E-state index in [0.29, 0.717) is 0 Å². The van der Waals surface area contributed by atoms with Crippen molar-refractivity contribution in [3.05, 3.63) is 35.6 Å². The number of rotatable bonds is 3. The van der Waals surface area contributed by atoms with Crippen LogP contribution in [0.25, 0.3) is 0 Å². The van der Waals surface area contributed by atoms with Gasteiger partial charge in [-0.3, -0.25) is 0 Å². The minimum atomic E-state index is -0.258. The van der Waals surface area contributed by atoms with Gasteiger partial charge in [0.1, 0.15) is 5.82 Å². The van der Waals surface area contributed by atoms with E-state index in [1.807, 2.05) is 0 Å². The summed E-state index contributed by atoms with van der Waals surface area (Å²) in [7, 11) is 1.75. The first-order valence-electron chi connectivity index (χ1n) is 3.81. The van der Waals surface area contributed by atoms with E-state index >= 15 is 0 Å². The average Bonchev–Trinajstić information content (AvgIpc) is 2.10. The third-order valence-electron chi connectivity index (χ3n) is 1.80. The molecule has 0 saturated heterocycles. The second kappa shape index (κ2) is 4.18. The molecule has 1 aromatic rings. The Kier molecular flexibility index (Phi) is 3.19. The van der Waals surface area contributed by atoms with Crippen LogP contribution in [-0.2, 0) is 0 Å². The highest BCUT2D eigenvalue weighted by molar-refractivity contribution is 5.19. The normalized spacial score (nSPS) is 12.9. The van der Waals surface area contributed by atoms with E-state index in [-0.39, 0.29) is 18.5 Å². The summed E-state index contributed by atoms with van der Waals surface area (Å²) in [5.41, 5.74) is 0.890. The van der Waals surface area contributed by atoms with Crippen LogP contribution in [0.4, 0.5) is 4.39 Å². The number of hydrogen-bond acceptors (Lipinski definition) is 2. The molecule has 1 atom stereocenters. The Morgan fingerprint density at radius 1 is 1.42 bits per heavy atom. The second-order valence-electron chi connectivity index (χ2n) is 2.58. The highest BCUT2D eigenvalue weighted by Crippen LogP contribution is 2.11. The first-order chi connectivity index (χ1) is 5.77. The van der Waals surface area contributed by atoms with Crippen LogP contribution < -0.4 is 5.32 Å². The lowest BCUT2D eigenvalue weighted by Crippen LogP contribution is -2.19. The molecule has 0 saturated carbocycles. The Bertz CT molecular complexity index is 231. The largest absolute Gasteiger partial charge is 0.394 e. The Morgan fingerprint density at radius 2 is 2.00 bits per heavy atom. The van der Waals surface area contributed by atoms with Crippen LogP contribution in [0.2, 0.25) is 0 Å². The first-order valence-corrected chi connectivity index (χ1v) is 3.81. The van der Waals surface area contributed by atoms with Gasteiger partial charge in [-0.25, -0.2) is 4.39 Å². The molecule has 0 radical (unpaired) electrons. The van der Waals surface area contributed by atoms with Gasteiger partial charge in [0.25, 0.3) is 0 Å². The molecule has 0 aliphatic carbocycles. The SMILES string of the molecule is CN[C@H](CO)c1ccc(F)cc1. The zero-order valence-electron chi connectivity index (χ0n) is 6.92. The van der Waals surface area contributed by atoms with Crippen molar-refractivity contribution in [2.24, 2.45) is 0 Å². The number of aliphatic hydroxyl groups excluding tert-OH is 1. The molecule has 0 bridgehead atoms. The monoisotopic (exact) mass is 169 g/mol. The predicted octanol–water partition coefficient (Wildman–Crippen LogP) is 1.08. The average molecular weight is 169 g/mol. The molecule has 1 aromatic carbocycles. The number of hydrogen-bond donors (Lipinski definition) is 2. The molecule has 0 aromatic heterocycles. The molecular formula is C9H12FNO. The molecule has 0 heterocycles. The van der Waals surface area contributed by atoms with Crippen molar-refractivity contribution >= 4 is 0 Å². The molecular weight excluding hydrogens is 157 g/mol. The summed E-state index contributed by atoms with van der Waals surface area (Å²) in [6, 6.07) is 5.98. The van der Waals surface area contributed by atoms with Gasteiger partial charge < -0.3 is 10.4 Å². The summed E-state index contributed by atoms with van der Waals surface area (Å²) >= 11 is 0. The summed E-state index contributed by atoms with van der Waals surface area (Å²) in [4.78, 5) is 0. The Morgan fingerprint density at radius 3 is 2.42 bits per heavy atom. The van der Waals surface area contributed by atoms with Gasteiger partial charge in [-0.05, 0) is 24.7 Å². The van der Waals surface area contributed by atoms with Gasteiger partial charge in [-0.2, -0.15) is 0 Å². The molecule has 1 rings (SSSR count). The lowest BCUT2D eigenvalue weighted by Gasteiger charge is -2.12. The molecule has 0 unspecified atom stereocenters. The Hall–Kier alpha value is -0.930. The van der Waals surface area contributed by atoms with Crippen LogP contribution in [0.3, 0.4) is 0 Å². The van der Waals surface area contributed by atoms with E-state index < -0.39 is 0 Å². The summed E-state index contributed by atoms with van der Waals surface area (Å²) in [5, 5.41) is 11.8. The minimum absolute atomic E-state index is 0.0160. The fourth-order valence-corrected chi connectivity index (χ4v) is 1.06. The molecule has 0 aliphatic heterocycles. The number of likely N-dealkylation sites (N-methyl/N-ethyl adjacent to an activating group) is 1. The maximum Gasteiger partial charge on any atom is 0.123 e. The van der Waals surface area contributed by atoms with Crippen molar-refractivity contribution in [3.63, 3.8) is 0 Å². The number of nitrogens with one attached hydrogen (secondary N) is 1. The molecule has 12 heavy (non-hydrogen) atoms. The number of aliphatic hydroxyl groups is 1. The van der Waals surface area contributed by atoms with Gasteiger partial charge in [0, 0.05) is 0 Å². The highest BCUT2D eigenvalue weighted by Gasteiger charge is 2.06. The van der Waals surface area contributed by atoms with Crippen LogP contribution in [-0.4, -0.2) is 18.8 Å². The van der Waals surface area contributed by atoms with E-state index in [9.17, 15) is 4.39 Å². The molecule has 0 fully saturated rings. The van der Waals surface area contributed by atoms with Gasteiger partial charge in [-0.15, -0.1) is 0 Å². The molecule has 0 aliphatic rings. The van der Waals surface area contributed by atoms with Crippen molar-refractivity contribution in [2.75, 3.05) is 13.7 Å². The third-order valence-corrected chi connectivity index (χ3v) is 1.80. The Labute approximate surface area is 71.0 Å². The van der Waals surface area contributed by atoms with Crippen molar-refractivity contribution in [3.8, 4) is 0 Å². The molecule has 66 valence electrons. The standard InChI is InChI=1S/C9H12FNO/c1-11-9(6-12)7-2-4-8(10)5-3-7/h2-5,9,11-12H,6H2,1H3/t9-/m1/s1. The minimum Gasteiger partial charge on any atom is -0.394 e. The van der Waals surface area contributed by atoms with Crippen LogP contribution in [0.15, 0.2) is 24.3 Å². The van der Waals surface area contributed by atoms with Crippen molar-refractivity contribution in [1.29, 1.82) is 0 Å². The lowest BCUT2D eigenvalue weighted by atomic mass is 10.1.